The van der Waals surface area contributed by atoms with E-state index >= 15 is 0 Å². The van der Waals surface area contributed by atoms with E-state index in [4.69, 9.17) is 4.52 Å². The van der Waals surface area contributed by atoms with Crippen LogP contribution in [0.25, 0.3) is 39.9 Å². The molecule has 0 unspecified atom stereocenters. The molecular formula is C25H22FN7O. The average molecular weight is 455 g/mol. The normalized spacial score (nSPS) is 11.1. The van der Waals surface area contributed by atoms with Crippen LogP contribution in [0.4, 0.5) is 4.39 Å². The lowest BCUT2D eigenvalue weighted by Gasteiger charge is -2.08. The largest absolute Gasteiger partial charge is 0.332 e. The molecular weight excluding hydrogens is 433 g/mol. The number of para-hydroxylation sites is 1. The summed E-state index contributed by atoms with van der Waals surface area (Å²) in [6, 6.07) is 17.9. The molecule has 2 aromatic carbocycles. The molecule has 5 rings (SSSR count). The molecule has 3 aromatic heterocycles. The highest BCUT2D eigenvalue weighted by molar-refractivity contribution is 5.76. The highest BCUT2D eigenvalue weighted by atomic mass is 19.1. The molecule has 0 saturated carbocycles. The number of rotatable bonds is 8. The van der Waals surface area contributed by atoms with Crippen molar-refractivity contribution >= 4 is 0 Å². The van der Waals surface area contributed by atoms with E-state index in [9.17, 15) is 4.39 Å². The molecule has 0 amide bonds. The second-order valence-electron chi connectivity index (χ2n) is 7.69. The predicted octanol–water partition coefficient (Wildman–Crippen LogP) is 4.69. The van der Waals surface area contributed by atoms with Crippen molar-refractivity contribution in [3.8, 4) is 39.9 Å². The van der Waals surface area contributed by atoms with E-state index in [0.717, 1.165) is 36.2 Å². The van der Waals surface area contributed by atoms with Gasteiger partial charge in [-0.15, -0.1) is 5.10 Å². The van der Waals surface area contributed by atoms with Gasteiger partial charge in [0.25, 0.3) is 5.89 Å². The van der Waals surface area contributed by atoms with Crippen molar-refractivity contribution in [2.45, 2.75) is 19.9 Å². The number of pyridine rings is 1. The molecule has 0 spiro atoms. The standard InChI is InChI=1S/C25H22FN7O/c1-2-12-28-16-17-6-5-7-19(15-17)24-29-25(34-31-24)22-23(18-10-13-27-14-11-18)33(32-30-22)21-9-4-3-8-20(21)26/h3-11,13-15,28H,2,12,16H2,1H3. The van der Waals surface area contributed by atoms with Gasteiger partial charge in [0.05, 0.1) is 0 Å². The van der Waals surface area contributed by atoms with Crippen LogP contribution in [0.1, 0.15) is 18.9 Å². The third kappa shape index (κ3) is 4.33. The number of hydrogen-bond acceptors (Lipinski definition) is 7. The van der Waals surface area contributed by atoms with Gasteiger partial charge in [-0.1, -0.05) is 47.6 Å². The van der Waals surface area contributed by atoms with E-state index in [1.54, 1.807) is 42.7 Å². The molecule has 5 aromatic rings. The van der Waals surface area contributed by atoms with Crippen LogP contribution in [0.2, 0.25) is 0 Å². The Bertz CT molecular complexity index is 1400. The van der Waals surface area contributed by atoms with Gasteiger partial charge in [0.15, 0.2) is 5.69 Å². The van der Waals surface area contributed by atoms with Crippen molar-refractivity contribution in [1.82, 2.24) is 35.4 Å². The summed E-state index contributed by atoms with van der Waals surface area (Å²) in [5.74, 6) is 0.210. The van der Waals surface area contributed by atoms with Crippen molar-refractivity contribution in [2.24, 2.45) is 0 Å². The number of nitrogens with zero attached hydrogens (tertiary/aromatic N) is 6. The molecule has 0 saturated heterocycles. The van der Waals surface area contributed by atoms with Crippen molar-refractivity contribution in [2.75, 3.05) is 6.54 Å². The summed E-state index contributed by atoms with van der Waals surface area (Å²) in [7, 11) is 0. The SMILES string of the molecule is CCCNCc1cccc(-c2noc(-c3nnn(-c4ccccc4F)c3-c3ccncc3)n2)c1. The lowest BCUT2D eigenvalue weighted by molar-refractivity contribution is 0.431. The molecule has 8 nitrogen and oxygen atoms in total. The molecule has 3 heterocycles. The monoisotopic (exact) mass is 455 g/mol. The molecule has 170 valence electrons. The topological polar surface area (TPSA) is 94.6 Å². The maximum absolute atomic E-state index is 14.6. The van der Waals surface area contributed by atoms with Crippen LogP contribution in [0.15, 0.2) is 77.6 Å². The number of nitrogens with one attached hydrogen (secondary N) is 1. The number of hydrogen-bond donors (Lipinski definition) is 1. The molecule has 0 aliphatic rings. The molecule has 0 radical (unpaired) electrons. The van der Waals surface area contributed by atoms with Crippen LogP contribution in [-0.4, -0.2) is 36.7 Å². The first kappa shape index (κ1) is 21.6. The van der Waals surface area contributed by atoms with Gasteiger partial charge >= 0.3 is 0 Å². The first-order valence-corrected chi connectivity index (χ1v) is 11.0. The number of aromatic nitrogens is 6. The van der Waals surface area contributed by atoms with Gasteiger partial charge in [-0.25, -0.2) is 9.07 Å². The Morgan fingerprint density at radius 2 is 1.85 bits per heavy atom. The van der Waals surface area contributed by atoms with E-state index in [2.05, 4.69) is 43.7 Å². The van der Waals surface area contributed by atoms with Gasteiger partial charge in [-0.3, -0.25) is 4.98 Å². The van der Waals surface area contributed by atoms with Crippen molar-refractivity contribution in [1.29, 1.82) is 0 Å². The zero-order valence-corrected chi connectivity index (χ0v) is 18.5. The summed E-state index contributed by atoms with van der Waals surface area (Å²) in [4.78, 5) is 8.66. The third-order valence-corrected chi connectivity index (χ3v) is 5.27. The molecule has 1 N–H and O–H groups in total. The lowest BCUT2D eigenvalue weighted by Crippen LogP contribution is -2.13. The van der Waals surface area contributed by atoms with Gasteiger partial charge in [0, 0.05) is 30.1 Å². The highest BCUT2D eigenvalue weighted by Crippen LogP contribution is 2.32. The van der Waals surface area contributed by atoms with Crippen LogP contribution in [0.3, 0.4) is 0 Å². The van der Waals surface area contributed by atoms with Crippen LogP contribution >= 0.6 is 0 Å². The molecule has 0 atom stereocenters. The smallest absolute Gasteiger partial charge is 0.281 e. The first-order valence-electron chi connectivity index (χ1n) is 11.0. The maximum Gasteiger partial charge on any atom is 0.281 e. The molecule has 0 bridgehead atoms. The van der Waals surface area contributed by atoms with Gasteiger partial charge in [0.1, 0.15) is 17.2 Å². The first-order chi connectivity index (χ1) is 16.7. The number of benzene rings is 2. The molecule has 9 heteroatoms. The summed E-state index contributed by atoms with van der Waals surface area (Å²) in [6.07, 6.45) is 4.37. The molecule has 34 heavy (non-hydrogen) atoms. The highest BCUT2D eigenvalue weighted by Gasteiger charge is 2.24. The van der Waals surface area contributed by atoms with Gasteiger partial charge in [0.2, 0.25) is 5.82 Å². The Balaban J connectivity index is 1.55. The van der Waals surface area contributed by atoms with E-state index in [-0.39, 0.29) is 11.6 Å². The lowest BCUT2D eigenvalue weighted by atomic mass is 10.1. The Hall–Kier alpha value is -4.24. The van der Waals surface area contributed by atoms with Crippen molar-refractivity contribution in [3.05, 3.63) is 84.4 Å². The minimum Gasteiger partial charge on any atom is -0.332 e. The Morgan fingerprint density at radius 3 is 2.68 bits per heavy atom. The molecule has 0 aliphatic heterocycles. The summed E-state index contributed by atoms with van der Waals surface area (Å²) in [5.41, 5.74) is 3.84. The summed E-state index contributed by atoms with van der Waals surface area (Å²) in [5, 5.41) is 16.0. The van der Waals surface area contributed by atoms with Crippen LogP contribution in [0, 0.1) is 5.82 Å². The average Bonchev–Trinajstić information content (AvgIpc) is 3.53. The summed E-state index contributed by atoms with van der Waals surface area (Å²) >= 11 is 0. The second-order valence-corrected chi connectivity index (χ2v) is 7.69. The Morgan fingerprint density at radius 1 is 1.00 bits per heavy atom. The minimum absolute atomic E-state index is 0.193. The third-order valence-electron chi connectivity index (χ3n) is 5.27. The van der Waals surface area contributed by atoms with Gasteiger partial charge in [-0.2, -0.15) is 4.98 Å². The Kier molecular flexibility index (Phi) is 6.17. The summed E-state index contributed by atoms with van der Waals surface area (Å²) in [6.45, 7) is 3.84. The van der Waals surface area contributed by atoms with E-state index in [1.165, 1.54) is 10.7 Å². The summed E-state index contributed by atoms with van der Waals surface area (Å²) < 4.78 is 21.6. The van der Waals surface area contributed by atoms with Crippen LogP contribution in [-0.2, 0) is 6.54 Å². The zero-order chi connectivity index (χ0) is 23.3. The fourth-order valence-corrected chi connectivity index (χ4v) is 3.65. The van der Waals surface area contributed by atoms with Crippen LogP contribution in [0.5, 0.6) is 0 Å². The van der Waals surface area contributed by atoms with E-state index in [0.29, 0.717) is 17.2 Å². The minimum atomic E-state index is -0.422. The van der Waals surface area contributed by atoms with Gasteiger partial charge in [-0.05, 0) is 48.9 Å². The van der Waals surface area contributed by atoms with E-state index in [1.807, 2.05) is 18.2 Å². The molecule has 0 fully saturated rings. The fraction of sp³-hybridized carbons (Fsp3) is 0.160. The van der Waals surface area contributed by atoms with Crippen molar-refractivity contribution in [3.63, 3.8) is 0 Å². The maximum atomic E-state index is 14.6. The fourth-order valence-electron chi connectivity index (χ4n) is 3.65. The van der Waals surface area contributed by atoms with Crippen LogP contribution < -0.4 is 5.32 Å². The van der Waals surface area contributed by atoms with E-state index < -0.39 is 5.82 Å². The molecule has 0 aliphatic carbocycles. The number of halogens is 1. The zero-order valence-electron chi connectivity index (χ0n) is 18.5. The second kappa shape index (κ2) is 9.72. The Labute approximate surface area is 195 Å². The predicted molar refractivity (Wildman–Crippen MR) is 125 cm³/mol. The van der Waals surface area contributed by atoms with Crippen molar-refractivity contribution < 1.29 is 8.91 Å². The van der Waals surface area contributed by atoms with Gasteiger partial charge < -0.3 is 9.84 Å². The quantitative estimate of drug-likeness (QED) is 0.339.